The molecule has 0 aromatic heterocycles. The monoisotopic (exact) mass is 207 g/mol. The van der Waals surface area contributed by atoms with Crippen LogP contribution in [0.3, 0.4) is 0 Å². The molecule has 2 heteroatoms. The van der Waals surface area contributed by atoms with Crippen LogP contribution in [0, 0.1) is 5.92 Å². The molecule has 1 atom stereocenters. The lowest BCUT2D eigenvalue weighted by molar-refractivity contribution is 0.556. The van der Waals surface area contributed by atoms with Crippen molar-refractivity contribution in [3.8, 4) is 0 Å². The average molecular weight is 207 g/mol. The minimum absolute atomic E-state index is 0.582. The van der Waals surface area contributed by atoms with Gasteiger partial charge in [0.15, 0.2) is 0 Å². The zero-order valence-electron chi connectivity index (χ0n) is 10.1. The molecule has 0 aromatic carbocycles. The Morgan fingerprint density at radius 3 is 2.53 bits per heavy atom. The van der Waals surface area contributed by atoms with Gasteiger partial charge in [-0.1, -0.05) is 52.4 Å². The summed E-state index contributed by atoms with van der Waals surface area (Å²) >= 11 is 0. The molecule has 0 amide bonds. The van der Waals surface area contributed by atoms with Crippen LogP contribution in [0.5, 0.6) is 0 Å². The van der Waals surface area contributed by atoms with E-state index in [9.17, 15) is 0 Å². The van der Waals surface area contributed by atoms with Crippen molar-refractivity contribution in [1.29, 1.82) is 0 Å². The lowest BCUT2D eigenvalue weighted by Crippen LogP contribution is -2.06. The number of hydrogen-bond acceptors (Lipinski definition) is 1. The smallest absolute Gasteiger partial charge is 0.0674 e. The van der Waals surface area contributed by atoms with E-state index in [2.05, 4.69) is 24.4 Å². The standard InChI is InChI=1S/C13H23N2/c1-3-4-5-6-7-8-9-12(2)13-10-11-14-15-13/h10-12H,3-9H2,1-2H3. The van der Waals surface area contributed by atoms with Gasteiger partial charge in [0, 0.05) is 5.92 Å². The summed E-state index contributed by atoms with van der Waals surface area (Å²) in [6, 6.07) is 0. The fraction of sp³-hybridized carbons (Fsp3) is 0.769. The zero-order valence-corrected chi connectivity index (χ0v) is 10.1. The molecule has 1 radical (unpaired) electrons. The van der Waals surface area contributed by atoms with Crippen molar-refractivity contribution in [1.82, 2.24) is 5.43 Å². The van der Waals surface area contributed by atoms with Crippen molar-refractivity contribution in [3.05, 3.63) is 12.3 Å². The van der Waals surface area contributed by atoms with E-state index in [1.54, 1.807) is 6.20 Å². The van der Waals surface area contributed by atoms with Gasteiger partial charge in [0.1, 0.15) is 0 Å². The van der Waals surface area contributed by atoms with Crippen LogP contribution in [0.1, 0.15) is 58.8 Å². The summed E-state index contributed by atoms with van der Waals surface area (Å²) < 4.78 is 0. The van der Waals surface area contributed by atoms with E-state index in [1.165, 1.54) is 44.9 Å². The first-order chi connectivity index (χ1) is 7.34. The highest BCUT2D eigenvalue weighted by atomic mass is 15.3. The molecule has 1 heterocycles. The molecule has 0 bridgehead atoms. The molecule has 1 unspecified atom stereocenters. The zero-order chi connectivity index (χ0) is 10.9. The largest absolute Gasteiger partial charge is 0.159 e. The van der Waals surface area contributed by atoms with Gasteiger partial charge in [0.25, 0.3) is 0 Å². The van der Waals surface area contributed by atoms with Crippen LogP contribution in [-0.4, -0.2) is 5.71 Å². The topological polar surface area (TPSA) is 26.5 Å². The van der Waals surface area contributed by atoms with Crippen LogP contribution in [0.15, 0.2) is 17.4 Å². The predicted octanol–water partition coefficient (Wildman–Crippen LogP) is 3.86. The van der Waals surface area contributed by atoms with Crippen molar-refractivity contribution >= 4 is 5.71 Å². The summed E-state index contributed by atoms with van der Waals surface area (Å²) in [6.45, 7) is 4.51. The number of unbranched alkanes of at least 4 members (excludes halogenated alkanes) is 5. The van der Waals surface area contributed by atoms with Crippen LogP contribution >= 0.6 is 0 Å². The molecule has 0 spiro atoms. The first kappa shape index (κ1) is 12.3. The summed E-state index contributed by atoms with van der Waals surface area (Å²) in [5, 5.41) is 4.09. The van der Waals surface area contributed by atoms with Gasteiger partial charge in [0.2, 0.25) is 0 Å². The molecule has 15 heavy (non-hydrogen) atoms. The summed E-state index contributed by atoms with van der Waals surface area (Å²) in [5.74, 6) is 0.582. The first-order valence-electron chi connectivity index (χ1n) is 6.29. The average Bonchev–Trinajstić information content (AvgIpc) is 2.76. The van der Waals surface area contributed by atoms with Gasteiger partial charge < -0.3 is 0 Å². The van der Waals surface area contributed by atoms with Crippen LogP contribution in [0.25, 0.3) is 0 Å². The van der Waals surface area contributed by atoms with E-state index in [-0.39, 0.29) is 0 Å². The van der Waals surface area contributed by atoms with Crippen molar-refractivity contribution in [3.63, 3.8) is 0 Å². The van der Waals surface area contributed by atoms with Crippen molar-refractivity contribution in [2.45, 2.75) is 58.8 Å². The molecular formula is C13H23N2. The van der Waals surface area contributed by atoms with Gasteiger partial charge in [-0.05, 0) is 12.5 Å². The summed E-state index contributed by atoms with van der Waals surface area (Å²) in [4.78, 5) is 0. The summed E-state index contributed by atoms with van der Waals surface area (Å²) in [6.07, 6.45) is 13.3. The maximum Gasteiger partial charge on any atom is 0.0674 e. The molecule has 0 aliphatic carbocycles. The Kier molecular flexibility index (Phi) is 6.14. The second-order valence-electron chi connectivity index (χ2n) is 4.41. The number of nitrogens with zero attached hydrogens (tertiary/aromatic N) is 2. The molecular weight excluding hydrogens is 184 g/mol. The van der Waals surface area contributed by atoms with Crippen LogP contribution in [-0.2, 0) is 0 Å². The highest BCUT2D eigenvalue weighted by Crippen LogP contribution is 2.15. The molecule has 0 aromatic rings. The Bertz CT molecular complexity index is 219. The highest BCUT2D eigenvalue weighted by molar-refractivity contribution is 5.97. The molecule has 1 aliphatic heterocycles. The van der Waals surface area contributed by atoms with Gasteiger partial charge in [0.05, 0.1) is 11.9 Å². The fourth-order valence-electron chi connectivity index (χ4n) is 1.88. The second-order valence-corrected chi connectivity index (χ2v) is 4.41. The summed E-state index contributed by atoms with van der Waals surface area (Å²) in [7, 11) is 0. The van der Waals surface area contributed by atoms with Crippen LogP contribution < -0.4 is 5.43 Å². The Morgan fingerprint density at radius 2 is 1.87 bits per heavy atom. The third kappa shape index (κ3) is 5.01. The van der Waals surface area contributed by atoms with Gasteiger partial charge in [-0.2, -0.15) is 10.5 Å². The third-order valence-electron chi connectivity index (χ3n) is 2.98. The maximum atomic E-state index is 4.09. The highest BCUT2D eigenvalue weighted by Gasteiger charge is 2.10. The predicted molar refractivity (Wildman–Crippen MR) is 65.9 cm³/mol. The van der Waals surface area contributed by atoms with Gasteiger partial charge in [-0.15, -0.1) is 0 Å². The SMILES string of the molecule is CCCCCCCCC(C)C1=N[N]C=C1. The summed E-state index contributed by atoms with van der Waals surface area (Å²) in [5.41, 5.74) is 5.02. The number of allylic oxidation sites excluding steroid dienone is 1. The molecule has 0 N–H and O–H groups in total. The fourth-order valence-corrected chi connectivity index (χ4v) is 1.88. The Labute approximate surface area is 93.8 Å². The van der Waals surface area contributed by atoms with E-state index in [1.807, 2.05) is 6.08 Å². The van der Waals surface area contributed by atoms with E-state index < -0.39 is 0 Å². The lowest BCUT2D eigenvalue weighted by Gasteiger charge is -2.08. The second kappa shape index (κ2) is 7.49. The van der Waals surface area contributed by atoms with E-state index in [0.717, 1.165) is 5.71 Å². The molecule has 2 nitrogen and oxygen atoms in total. The van der Waals surface area contributed by atoms with Gasteiger partial charge in [-0.25, -0.2) is 0 Å². The van der Waals surface area contributed by atoms with Crippen molar-refractivity contribution in [2.75, 3.05) is 0 Å². The third-order valence-corrected chi connectivity index (χ3v) is 2.98. The van der Waals surface area contributed by atoms with Crippen LogP contribution in [0.4, 0.5) is 0 Å². The first-order valence-corrected chi connectivity index (χ1v) is 6.29. The normalized spacial score (nSPS) is 16.3. The van der Waals surface area contributed by atoms with Crippen molar-refractivity contribution < 1.29 is 0 Å². The van der Waals surface area contributed by atoms with E-state index in [0.29, 0.717) is 5.92 Å². The minimum Gasteiger partial charge on any atom is -0.159 e. The molecule has 0 saturated carbocycles. The van der Waals surface area contributed by atoms with Crippen LogP contribution in [0.2, 0.25) is 0 Å². The lowest BCUT2D eigenvalue weighted by atomic mass is 9.97. The quantitative estimate of drug-likeness (QED) is 0.540. The van der Waals surface area contributed by atoms with E-state index in [4.69, 9.17) is 0 Å². The van der Waals surface area contributed by atoms with Gasteiger partial charge in [-0.3, -0.25) is 0 Å². The molecule has 85 valence electrons. The number of rotatable bonds is 8. The molecule has 0 fully saturated rings. The van der Waals surface area contributed by atoms with E-state index >= 15 is 0 Å². The minimum atomic E-state index is 0.582. The Hall–Kier alpha value is -0.790. The Morgan fingerprint density at radius 1 is 1.13 bits per heavy atom. The molecule has 1 rings (SSSR count). The Balaban J connectivity index is 1.97. The molecule has 0 saturated heterocycles. The van der Waals surface area contributed by atoms with Crippen molar-refractivity contribution in [2.24, 2.45) is 11.0 Å². The maximum absolute atomic E-state index is 4.09. The number of hydrogen-bond donors (Lipinski definition) is 0. The molecule has 1 aliphatic rings. The van der Waals surface area contributed by atoms with Gasteiger partial charge >= 0.3 is 0 Å².